The molecule has 0 atom stereocenters. The molecule has 0 spiro atoms. The predicted octanol–water partition coefficient (Wildman–Crippen LogP) is 3.37. The van der Waals surface area contributed by atoms with Gasteiger partial charge in [-0.3, -0.25) is 4.79 Å². The van der Waals surface area contributed by atoms with Crippen molar-refractivity contribution in [3.05, 3.63) is 65.0 Å². The Bertz CT molecular complexity index is 574. The summed E-state index contributed by atoms with van der Waals surface area (Å²) >= 11 is 0. The van der Waals surface area contributed by atoms with Crippen molar-refractivity contribution in [1.29, 1.82) is 0 Å². The van der Waals surface area contributed by atoms with Gasteiger partial charge in [0.1, 0.15) is 11.6 Å². The van der Waals surface area contributed by atoms with Crippen molar-refractivity contribution >= 4 is 5.78 Å². The van der Waals surface area contributed by atoms with Crippen LogP contribution in [0.1, 0.15) is 21.5 Å². The van der Waals surface area contributed by atoms with Crippen LogP contribution in [0.5, 0.6) is 5.75 Å². The van der Waals surface area contributed by atoms with Crippen molar-refractivity contribution in [2.45, 2.75) is 6.92 Å². The maximum absolute atomic E-state index is 13.2. The molecule has 0 N–H and O–H groups in total. The van der Waals surface area contributed by atoms with E-state index in [-0.39, 0.29) is 11.3 Å². The Balaban J connectivity index is 2.45. The fourth-order valence-electron chi connectivity index (χ4n) is 1.72. The average Bonchev–Trinajstić information content (AvgIpc) is 2.39. The third-order valence-corrected chi connectivity index (χ3v) is 2.72. The quantitative estimate of drug-likeness (QED) is 0.774. The third-order valence-electron chi connectivity index (χ3n) is 2.72. The van der Waals surface area contributed by atoms with Gasteiger partial charge in [0.2, 0.25) is 0 Å². The van der Waals surface area contributed by atoms with Gasteiger partial charge in [-0.05, 0) is 25.1 Å². The van der Waals surface area contributed by atoms with Crippen molar-refractivity contribution < 1.29 is 13.9 Å². The summed E-state index contributed by atoms with van der Waals surface area (Å²) in [7, 11) is 1.46. The van der Waals surface area contributed by atoms with E-state index in [4.69, 9.17) is 4.74 Å². The third kappa shape index (κ3) is 2.40. The summed E-state index contributed by atoms with van der Waals surface area (Å²) < 4.78 is 18.3. The number of aryl methyl sites for hydroxylation is 1. The van der Waals surface area contributed by atoms with Crippen LogP contribution >= 0.6 is 0 Å². The van der Waals surface area contributed by atoms with Crippen molar-refractivity contribution in [3.63, 3.8) is 0 Å². The van der Waals surface area contributed by atoms with Crippen molar-refractivity contribution in [1.82, 2.24) is 0 Å². The minimum absolute atomic E-state index is 0.237. The van der Waals surface area contributed by atoms with Crippen LogP contribution < -0.4 is 4.74 Å². The highest BCUT2D eigenvalue weighted by Crippen LogP contribution is 2.22. The summed E-state index contributed by atoms with van der Waals surface area (Å²) in [6, 6.07) is 11.1. The highest BCUT2D eigenvalue weighted by molar-refractivity contribution is 6.10. The summed E-state index contributed by atoms with van der Waals surface area (Å²) in [6.07, 6.45) is 0. The highest BCUT2D eigenvalue weighted by atomic mass is 19.1. The van der Waals surface area contributed by atoms with Crippen LogP contribution in [-0.4, -0.2) is 12.9 Å². The van der Waals surface area contributed by atoms with E-state index in [0.717, 1.165) is 5.56 Å². The number of ether oxygens (including phenoxy) is 1. The van der Waals surface area contributed by atoms with Crippen molar-refractivity contribution in [2.24, 2.45) is 0 Å². The van der Waals surface area contributed by atoms with Gasteiger partial charge in [0.05, 0.1) is 12.7 Å². The van der Waals surface area contributed by atoms with E-state index in [1.165, 1.54) is 25.3 Å². The van der Waals surface area contributed by atoms with Crippen LogP contribution in [-0.2, 0) is 0 Å². The molecule has 0 saturated heterocycles. The summed E-state index contributed by atoms with van der Waals surface area (Å²) in [4.78, 5) is 12.2. The molecule has 2 aromatic carbocycles. The SMILES string of the molecule is COc1ccc(F)cc1C(=O)c1ccc(C)cc1. The lowest BCUT2D eigenvalue weighted by Crippen LogP contribution is -2.04. The van der Waals surface area contributed by atoms with E-state index in [9.17, 15) is 9.18 Å². The zero-order chi connectivity index (χ0) is 13.1. The molecule has 3 heteroatoms. The lowest BCUT2D eigenvalue weighted by Gasteiger charge is -2.07. The molecular formula is C15H13FO2. The lowest BCUT2D eigenvalue weighted by atomic mass is 10.0. The lowest BCUT2D eigenvalue weighted by molar-refractivity contribution is 0.103. The monoisotopic (exact) mass is 244 g/mol. The first kappa shape index (κ1) is 12.3. The number of ketones is 1. The molecule has 0 unspecified atom stereocenters. The first-order valence-electron chi connectivity index (χ1n) is 5.56. The van der Waals surface area contributed by atoms with E-state index in [2.05, 4.69) is 0 Å². The minimum Gasteiger partial charge on any atom is -0.496 e. The standard InChI is InChI=1S/C15H13FO2/c1-10-3-5-11(6-4-10)15(17)13-9-12(16)7-8-14(13)18-2/h3-9H,1-2H3. The second-order valence-corrected chi connectivity index (χ2v) is 4.04. The van der Waals surface area contributed by atoms with Gasteiger partial charge < -0.3 is 4.74 Å². The van der Waals surface area contributed by atoms with E-state index in [0.29, 0.717) is 11.3 Å². The van der Waals surface area contributed by atoms with Gasteiger partial charge in [0, 0.05) is 5.56 Å². The van der Waals surface area contributed by atoms with Crippen LogP contribution in [0, 0.1) is 12.7 Å². The minimum atomic E-state index is -0.453. The van der Waals surface area contributed by atoms with E-state index in [1.54, 1.807) is 12.1 Å². The molecule has 0 heterocycles. The van der Waals surface area contributed by atoms with Gasteiger partial charge in [-0.15, -0.1) is 0 Å². The second kappa shape index (κ2) is 5.00. The topological polar surface area (TPSA) is 26.3 Å². The fourth-order valence-corrected chi connectivity index (χ4v) is 1.72. The van der Waals surface area contributed by atoms with E-state index in [1.807, 2.05) is 19.1 Å². The Kier molecular flexibility index (Phi) is 3.42. The second-order valence-electron chi connectivity index (χ2n) is 4.04. The predicted molar refractivity (Wildman–Crippen MR) is 67.6 cm³/mol. The van der Waals surface area contributed by atoms with Crippen LogP contribution in [0.3, 0.4) is 0 Å². The molecule has 0 saturated carbocycles. The van der Waals surface area contributed by atoms with Crippen LogP contribution in [0.25, 0.3) is 0 Å². The summed E-state index contributed by atoms with van der Waals surface area (Å²) in [5.41, 5.74) is 1.82. The van der Waals surface area contributed by atoms with Gasteiger partial charge >= 0.3 is 0 Å². The highest BCUT2D eigenvalue weighted by Gasteiger charge is 2.15. The number of rotatable bonds is 3. The maximum Gasteiger partial charge on any atom is 0.196 e. The largest absolute Gasteiger partial charge is 0.496 e. The normalized spacial score (nSPS) is 10.2. The maximum atomic E-state index is 13.2. The zero-order valence-electron chi connectivity index (χ0n) is 10.2. The molecule has 18 heavy (non-hydrogen) atoms. The van der Waals surface area contributed by atoms with Gasteiger partial charge in [-0.1, -0.05) is 29.8 Å². The van der Waals surface area contributed by atoms with Crippen molar-refractivity contribution in [2.75, 3.05) is 7.11 Å². The Morgan fingerprint density at radius 3 is 2.39 bits per heavy atom. The Hall–Kier alpha value is -2.16. The van der Waals surface area contributed by atoms with Crippen molar-refractivity contribution in [3.8, 4) is 5.75 Å². The molecule has 0 aliphatic rings. The van der Waals surface area contributed by atoms with Gasteiger partial charge in [0.15, 0.2) is 5.78 Å². The summed E-state index contributed by atoms with van der Waals surface area (Å²) in [5.74, 6) is -0.320. The Morgan fingerprint density at radius 1 is 1.11 bits per heavy atom. The first-order chi connectivity index (χ1) is 8.61. The molecule has 0 fully saturated rings. The molecule has 0 aliphatic heterocycles. The van der Waals surface area contributed by atoms with E-state index >= 15 is 0 Å². The average molecular weight is 244 g/mol. The molecule has 2 rings (SSSR count). The molecule has 0 bridgehead atoms. The summed E-state index contributed by atoms with van der Waals surface area (Å²) in [5, 5.41) is 0. The number of hydrogen-bond acceptors (Lipinski definition) is 2. The van der Waals surface area contributed by atoms with Gasteiger partial charge in [-0.25, -0.2) is 4.39 Å². The van der Waals surface area contributed by atoms with Crippen LogP contribution in [0.2, 0.25) is 0 Å². The number of carbonyl (C=O) groups is 1. The van der Waals surface area contributed by atoms with Gasteiger partial charge in [-0.2, -0.15) is 0 Å². The number of benzene rings is 2. The smallest absolute Gasteiger partial charge is 0.196 e. The molecule has 92 valence electrons. The van der Waals surface area contributed by atoms with Gasteiger partial charge in [0.25, 0.3) is 0 Å². The summed E-state index contributed by atoms with van der Waals surface area (Å²) in [6.45, 7) is 1.94. The van der Waals surface area contributed by atoms with Crippen LogP contribution in [0.15, 0.2) is 42.5 Å². The number of carbonyl (C=O) groups excluding carboxylic acids is 1. The number of halogens is 1. The fraction of sp³-hybridized carbons (Fsp3) is 0.133. The first-order valence-corrected chi connectivity index (χ1v) is 5.56. The molecule has 0 aliphatic carbocycles. The van der Waals surface area contributed by atoms with Crippen LogP contribution in [0.4, 0.5) is 4.39 Å². The molecular weight excluding hydrogens is 231 g/mol. The molecule has 2 aromatic rings. The number of hydrogen-bond donors (Lipinski definition) is 0. The molecule has 0 radical (unpaired) electrons. The molecule has 2 nitrogen and oxygen atoms in total. The number of methoxy groups -OCH3 is 1. The zero-order valence-corrected chi connectivity index (χ0v) is 10.2. The Labute approximate surface area is 105 Å². The van der Waals surface area contributed by atoms with E-state index < -0.39 is 5.82 Å². The Morgan fingerprint density at radius 2 is 1.78 bits per heavy atom. The molecule has 0 aromatic heterocycles. The molecule has 0 amide bonds.